The molecule has 1 amide bonds. The molecule has 0 spiro atoms. The molecule has 9 heteroatoms. The summed E-state index contributed by atoms with van der Waals surface area (Å²) in [5.74, 6) is -0.286. The fraction of sp³-hybridized carbons (Fsp3) is 0.389. The van der Waals surface area contributed by atoms with Crippen molar-refractivity contribution >= 4 is 39.7 Å². The Labute approximate surface area is 170 Å². The monoisotopic (exact) mass is 429 g/mol. The lowest BCUT2D eigenvalue weighted by Gasteiger charge is -2.23. The van der Waals surface area contributed by atoms with Crippen LogP contribution in [0.4, 0.5) is 0 Å². The molecule has 1 aromatic heterocycles. The molecular weight excluding hydrogens is 406 g/mol. The first-order chi connectivity index (χ1) is 12.4. The number of hydrogen-bond donors (Lipinski definition) is 2. The van der Waals surface area contributed by atoms with E-state index >= 15 is 0 Å². The average Bonchev–Trinajstić information content (AvgIpc) is 3.30. The number of nitrogens with one attached hydrogen (secondary N) is 1. The molecule has 1 aliphatic rings. The third-order valence-corrected chi connectivity index (χ3v) is 7.89. The van der Waals surface area contributed by atoms with E-state index in [1.807, 2.05) is 37.3 Å². The summed E-state index contributed by atoms with van der Waals surface area (Å²) in [6, 6.07) is 11.9. The number of benzene rings is 1. The second-order valence-electron chi connectivity index (χ2n) is 6.40. The molecule has 0 saturated carbocycles. The highest BCUT2D eigenvalue weighted by Gasteiger charge is 2.40. The third-order valence-electron chi connectivity index (χ3n) is 4.51. The van der Waals surface area contributed by atoms with Crippen LogP contribution < -0.4 is 11.1 Å². The number of carbonyl (C=O) groups is 1. The molecule has 1 fully saturated rings. The summed E-state index contributed by atoms with van der Waals surface area (Å²) in [4.78, 5) is 13.5. The van der Waals surface area contributed by atoms with Crippen LogP contribution in [0.25, 0.3) is 0 Å². The van der Waals surface area contributed by atoms with Gasteiger partial charge in [-0.3, -0.25) is 4.79 Å². The summed E-state index contributed by atoms with van der Waals surface area (Å²) in [7, 11) is -3.64. The molecule has 6 nitrogen and oxygen atoms in total. The molecule has 0 radical (unpaired) electrons. The maximum atomic E-state index is 12.9. The fourth-order valence-electron chi connectivity index (χ4n) is 3.10. The summed E-state index contributed by atoms with van der Waals surface area (Å²) < 4.78 is 27.3. The van der Waals surface area contributed by atoms with Gasteiger partial charge in [0.15, 0.2) is 0 Å². The van der Waals surface area contributed by atoms with Gasteiger partial charge in [0.25, 0.3) is 10.0 Å². The quantitative estimate of drug-likeness (QED) is 0.737. The van der Waals surface area contributed by atoms with Crippen molar-refractivity contribution in [1.82, 2.24) is 9.62 Å². The number of carbonyl (C=O) groups excluding carboxylic acids is 1. The second-order valence-corrected chi connectivity index (χ2v) is 9.81. The number of aryl methyl sites for hydroxylation is 1. The third kappa shape index (κ3) is 4.89. The number of halogens is 1. The van der Waals surface area contributed by atoms with Gasteiger partial charge in [0.05, 0.1) is 0 Å². The van der Waals surface area contributed by atoms with Crippen molar-refractivity contribution < 1.29 is 13.2 Å². The topological polar surface area (TPSA) is 92.5 Å². The van der Waals surface area contributed by atoms with Gasteiger partial charge in [-0.1, -0.05) is 30.3 Å². The van der Waals surface area contributed by atoms with Gasteiger partial charge < -0.3 is 11.1 Å². The zero-order valence-electron chi connectivity index (χ0n) is 15.0. The molecule has 3 rings (SSSR count). The second kappa shape index (κ2) is 9.16. The van der Waals surface area contributed by atoms with E-state index in [4.69, 9.17) is 5.73 Å². The Kier molecular flexibility index (Phi) is 7.41. The van der Waals surface area contributed by atoms with Crippen LogP contribution >= 0.6 is 23.7 Å². The predicted molar refractivity (Wildman–Crippen MR) is 110 cm³/mol. The SMILES string of the molecule is Cc1ccc(S(=O)(=O)N2CCCC2C(=O)NCC(N)c2ccccc2)s1.Cl. The molecule has 1 aromatic carbocycles. The lowest BCUT2D eigenvalue weighted by Crippen LogP contribution is -2.47. The molecule has 2 unspecified atom stereocenters. The summed E-state index contributed by atoms with van der Waals surface area (Å²) in [6.07, 6.45) is 1.20. The minimum atomic E-state index is -3.64. The molecule has 148 valence electrons. The highest BCUT2D eigenvalue weighted by Crippen LogP contribution is 2.30. The smallest absolute Gasteiger partial charge is 0.253 e. The summed E-state index contributed by atoms with van der Waals surface area (Å²) >= 11 is 1.23. The lowest BCUT2D eigenvalue weighted by atomic mass is 10.1. The zero-order chi connectivity index (χ0) is 18.7. The van der Waals surface area contributed by atoms with Gasteiger partial charge in [-0.15, -0.1) is 23.7 Å². The molecule has 0 aliphatic carbocycles. The maximum absolute atomic E-state index is 12.9. The molecule has 0 bridgehead atoms. The van der Waals surface area contributed by atoms with Crippen LogP contribution in [0.1, 0.15) is 29.3 Å². The molecule has 2 heterocycles. The van der Waals surface area contributed by atoms with E-state index in [1.54, 1.807) is 12.1 Å². The zero-order valence-corrected chi connectivity index (χ0v) is 17.4. The number of nitrogens with zero attached hydrogens (tertiary/aromatic N) is 1. The predicted octanol–water partition coefficient (Wildman–Crippen LogP) is 2.45. The number of nitrogens with two attached hydrogens (primary N) is 1. The van der Waals surface area contributed by atoms with Gasteiger partial charge in [0, 0.05) is 24.0 Å². The number of amides is 1. The van der Waals surface area contributed by atoms with Crippen LogP contribution in [0.15, 0.2) is 46.7 Å². The van der Waals surface area contributed by atoms with Crippen molar-refractivity contribution in [2.75, 3.05) is 13.1 Å². The molecule has 3 N–H and O–H groups in total. The molecule has 1 saturated heterocycles. The molecule has 1 aliphatic heterocycles. The van der Waals surface area contributed by atoms with Crippen LogP contribution in [0.2, 0.25) is 0 Å². The normalized spacial score (nSPS) is 18.7. The summed E-state index contributed by atoms with van der Waals surface area (Å²) in [5, 5.41) is 2.81. The maximum Gasteiger partial charge on any atom is 0.253 e. The van der Waals surface area contributed by atoms with Gasteiger partial charge in [-0.2, -0.15) is 4.31 Å². The Morgan fingerprint density at radius 3 is 2.63 bits per heavy atom. The van der Waals surface area contributed by atoms with E-state index in [0.29, 0.717) is 19.4 Å². The highest BCUT2D eigenvalue weighted by molar-refractivity contribution is 7.91. The van der Waals surface area contributed by atoms with Crippen LogP contribution in [0.5, 0.6) is 0 Å². The van der Waals surface area contributed by atoms with Crippen LogP contribution in [0.3, 0.4) is 0 Å². The number of rotatable bonds is 6. The van der Waals surface area contributed by atoms with Crippen molar-refractivity contribution in [2.45, 2.75) is 36.1 Å². The van der Waals surface area contributed by atoms with Gasteiger partial charge in [-0.25, -0.2) is 8.42 Å². The standard InChI is InChI=1S/C18H23N3O3S2.ClH/c1-13-9-10-17(25-13)26(23,24)21-11-5-8-16(21)18(22)20-12-15(19)14-6-3-2-4-7-14;/h2-4,6-7,9-10,15-16H,5,8,11-12,19H2,1H3,(H,20,22);1H. The molecular formula is C18H24ClN3O3S2. The van der Waals surface area contributed by atoms with Crippen molar-refractivity contribution in [3.05, 3.63) is 52.9 Å². The first-order valence-electron chi connectivity index (χ1n) is 8.56. The Morgan fingerprint density at radius 1 is 1.30 bits per heavy atom. The Bertz CT molecular complexity index is 871. The van der Waals surface area contributed by atoms with Crippen LogP contribution in [0, 0.1) is 6.92 Å². The largest absolute Gasteiger partial charge is 0.353 e. The Balaban J connectivity index is 0.00000261. The van der Waals surface area contributed by atoms with Gasteiger partial charge in [0.1, 0.15) is 10.3 Å². The van der Waals surface area contributed by atoms with E-state index in [0.717, 1.165) is 10.4 Å². The van der Waals surface area contributed by atoms with Crippen molar-refractivity contribution in [3.63, 3.8) is 0 Å². The van der Waals surface area contributed by atoms with E-state index in [2.05, 4.69) is 5.32 Å². The summed E-state index contributed by atoms with van der Waals surface area (Å²) in [5.41, 5.74) is 7.04. The highest BCUT2D eigenvalue weighted by atomic mass is 35.5. The van der Waals surface area contributed by atoms with E-state index in [1.165, 1.54) is 15.6 Å². The van der Waals surface area contributed by atoms with Gasteiger partial charge in [-0.05, 0) is 37.5 Å². The number of hydrogen-bond acceptors (Lipinski definition) is 5. The minimum absolute atomic E-state index is 0. The Hall–Kier alpha value is -1.45. The van der Waals surface area contributed by atoms with Crippen LogP contribution in [-0.2, 0) is 14.8 Å². The first-order valence-corrected chi connectivity index (χ1v) is 10.8. The molecule has 2 aromatic rings. The fourth-order valence-corrected chi connectivity index (χ4v) is 6.17. The van der Waals surface area contributed by atoms with Gasteiger partial charge >= 0.3 is 0 Å². The van der Waals surface area contributed by atoms with E-state index in [-0.39, 0.29) is 35.1 Å². The van der Waals surface area contributed by atoms with Crippen molar-refractivity contribution in [3.8, 4) is 0 Å². The van der Waals surface area contributed by atoms with E-state index < -0.39 is 16.1 Å². The summed E-state index contributed by atoms with van der Waals surface area (Å²) in [6.45, 7) is 2.50. The van der Waals surface area contributed by atoms with Crippen LogP contribution in [-0.4, -0.2) is 37.8 Å². The first kappa shape index (κ1) is 21.8. The molecule has 2 atom stereocenters. The van der Waals surface area contributed by atoms with Crippen molar-refractivity contribution in [2.24, 2.45) is 5.73 Å². The average molecular weight is 430 g/mol. The number of sulfonamides is 1. The van der Waals surface area contributed by atoms with Crippen molar-refractivity contribution in [1.29, 1.82) is 0 Å². The van der Waals surface area contributed by atoms with E-state index in [9.17, 15) is 13.2 Å². The molecule has 27 heavy (non-hydrogen) atoms. The van der Waals surface area contributed by atoms with Gasteiger partial charge in [0.2, 0.25) is 5.91 Å². The number of thiophene rings is 1. The Morgan fingerprint density at radius 2 is 2.00 bits per heavy atom. The minimum Gasteiger partial charge on any atom is -0.353 e. The lowest BCUT2D eigenvalue weighted by molar-refractivity contribution is -0.124.